The van der Waals surface area contributed by atoms with Crippen molar-refractivity contribution in [2.75, 3.05) is 5.43 Å². The number of anilines is 1. The fraction of sp³-hybridized carbons (Fsp3) is 0. The molecule has 0 aliphatic rings. The van der Waals surface area contributed by atoms with Gasteiger partial charge >= 0.3 is 0 Å². The molecule has 0 saturated heterocycles. The zero-order chi connectivity index (χ0) is 12.1. The number of nitrogens with zero attached hydrogens (tertiary/aromatic N) is 3. The summed E-state index contributed by atoms with van der Waals surface area (Å²) in [4.78, 5) is 15.0. The van der Waals surface area contributed by atoms with Gasteiger partial charge in [-0.15, -0.1) is 0 Å². The number of pyridine rings is 1. The predicted octanol–water partition coefficient (Wildman–Crippen LogP) is 1.26. The molecule has 0 amide bonds. The van der Waals surface area contributed by atoms with E-state index in [1.807, 2.05) is 0 Å². The second-order valence-corrected chi connectivity index (χ2v) is 3.46. The Labute approximate surface area is 101 Å². The number of hydrogen-bond acceptors (Lipinski definition) is 5. The van der Waals surface area contributed by atoms with E-state index in [0.717, 1.165) is 5.56 Å². The lowest BCUT2D eigenvalue weighted by Gasteiger charge is -2.00. The molecule has 0 spiro atoms. The third-order valence-corrected chi connectivity index (χ3v) is 2.28. The highest BCUT2D eigenvalue weighted by Crippen LogP contribution is 2.13. The summed E-state index contributed by atoms with van der Waals surface area (Å²) in [5, 5.41) is 9.77. The molecule has 0 unspecified atom stereocenters. The van der Waals surface area contributed by atoms with Gasteiger partial charge in [0.05, 0.1) is 12.4 Å². The van der Waals surface area contributed by atoms with E-state index in [2.05, 4.69) is 25.7 Å². The third kappa shape index (κ3) is 2.88. The van der Waals surface area contributed by atoms with Crippen LogP contribution in [0.2, 0.25) is 5.02 Å². The number of nitrogens with one attached hydrogen (secondary N) is 2. The number of H-pyrrole nitrogens is 1. The van der Waals surface area contributed by atoms with Crippen molar-refractivity contribution in [3.63, 3.8) is 0 Å². The van der Waals surface area contributed by atoms with Crippen molar-refractivity contribution in [2.24, 2.45) is 5.10 Å². The Morgan fingerprint density at radius 3 is 2.94 bits per heavy atom. The van der Waals surface area contributed by atoms with Crippen molar-refractivity contribution in [3.8, 4) is 0 Å². The average Bonchev–Trinajstić information content (AvgIpc) is 2.36. The van der Waals surface area contributed by atoms with Crippen LogP contribution in [0.1, 0.15) is 5.56 Å². The van der Waals surface area contributed by atoms with Crippen molar-refractivity contribution in [2.45, 2.75) is 0 Å². The molecule has 2 aromatic heterocycles. The highest BCUT2D eigenvalue weighted by atomic mass is 35.5. The molecule has 0 bridgehead atoms. The normalized spacial score (nSPS) is 10.6. The van der Waals surface area contributed by atoms with E-state index in [1.165, 1.54) is 6.20 Å². The number of aromatic nitrogens is 3. The zero-order valence-electron chi connectivity index (χ0n) is 8.59. The number of hydrogen-bond donors (Lipinski definition) is 2. The molecule has 0 aromatic carbocycles. The second kappa shape index (κ2) is 5.22. The van der Waals surface area contributed by atoms with Gasteiger partial charge in [-0.25, -0.2) is 5.10 Å². The second-order valence-electron chi connectivity index (χ2n) is 3.08. The molecule has 86 valence electrons. The Bertz CT molecular complexity index is 581. The molecule has 0 aliphatic heterocycles. The molecule has 0 aliphatic carbocycles. The summed E-state index contributed by atoms with van der Waals surface area (Å²) in [5.41, 5.74) is 3.40. The van der Waals surface area contributed by atoms with E-state index in [-0.39, 0.29) is 5.02 Å². The minimum absolute atomic E-state index is 0.0203. The molecule has 2 N–H and O–H groups in total. The van der Waals surface area contributed by atoms with Crippen molar-refractivity contribution in [1.29, 1.82) is 0 Å². The maximum absolute atomic E-state index is 11.1. The maximum Gasteiger partial charge on any atom is 0.285 e. The lowest BCUT2D eigenvalue weighted by Crippen LogP contribution is -2.10. The van der Waals surface area contributed by atoms with Gasteiger partial charge in [-0.2, -0.15) is 10.2 Å². The van der Waals surface area contributed by atoms with Gasteiger partial charge in [0, 0.05) is 12.4 Å². The third-order valence-electron chi connectivity index (χ3n) is 1.90. The smallest absolute Gasteiger partial charge is 0.275 e. The average molecular weight is 250 g/mol. The van der Waals surface area contributed by atoms with E-state index in [1.54, 1.807) is 30.7 Å². The van der Waals surface area contributed by atoms with Crippen molar-refractivity contribution in [3.05, 3.63) is 51.7 Å². The fourth-order valence-corrected chi connectivity index (χ4v) is 1.22. The molecule has 6 nitrogen and oxygen atoms in total. The van der Waals surface area contributed by atoms with Crippen LogP contribution in [0.4, 0.5) is 5.69 Å². The van der Waals surface area contributed by atoms with Crippen LogP contribution in [0.25, 0.3) is 0 Å². The van der Waals surface area contributed by atoms with Gasteiger partial charge in [-0.05, 0) is 17.7 Å². The SMILES string of the molecule is O=c1[nH]ncc(N/N=C\c2ccncc2)c1Cl. The molecule has 0 fully saturated rings. The van der Waals surface area contributed by atoms with Gasteiger partial charge in [-0.3, -0.25) is 15.2 Å². The van der Waals surface area contributed by atoms with E-state index >= 15 is 0 Å². The molecule has 0 atom stereocenters. The van der Waals surface area contributed by atoms with Crippen molar-refractivity contribution >= 4 is 23.5 Å². The summed E-state index contributed by atoms with van der Waals surface area (Å²) >= 11 is 5.74. The number of halogens is 1. The highest BCUT2D eigenvalue weighted by molar-refractivity contribution is 6.32. The predicted molar refractivity (Wildman–Crippen MR) is 65.3 cm³/mol. The van der Waals surface area contributed by atoms with Crippen LogP contribution in [-0.2, 0) is 0 Å². The van der Waals surface area contributed by atoms with E-state index in [4.69, 9.17) is 11.6 Å². The highest BCUT2D eigenvalue weighted by Gasteiger charge is 2.02. The van der Waals surface area contributed by atoms with Crippen LogP contribution >= 0.6 is 11.6 Å². The molecular formula is C10H8ClN5O. The van der Waals surface area contributed by atoms with Crippen LogP contribution < -0.4 is 11.0 Å². The van der Waals surface area contributed by atoms with Gasteiger partial charge in [0.25, 0.3) is 5.56 Å². The van der Waals surface area contributed by atoms with Crippen LogP contribution in [0.5, 0.6) is 0 Å². The van der Waals surface area contributed by atoms with E-state index in [0.29, 0.717) is 5.69 Å². The zero-order valence-corrected chi connectivity index (χ0v) is 9.35. The van der Waals surface area contributed by atoms with Gasteiger partial charge in [0.15, 0.2) is 0 Å². The summed E-state index contributed by atoms with van der Waals surface area (Å²) in [6.45, 7) is 0. The van der Waals surface area contributed by atoms with Crippen LogP contribution in [0.3, 0.4) is 0 Å². The Morgan fingerprint density at radius 2 is 2.18 bits per heavy atom. The fourth-order valence-electron chi connectivity index (χ4n) is 1.09. The first-order chi connectivity index (χ1) is 8.27. The number of hydrazone groups is 1. The molecule has 0 saturated carbocycles. The lowest BCUT2D eigenvalue weighted by molar-refractivity contribution is 0.987. The summed E-state index contributed by atoms with van der Waals surface area (Å²) in [7, 11) is 0. The van der Waals surface area contributed by atoms with E-state index < -0.39 is 5.56 Å². The van der Waals surface area contributed by atoms with Crippen molar-refractivity contribution in [1.82, 2.24) is 15.2 Å². The number of aromatic amines is 1. The topological polar surface area (TPSA) is 83.0 Å². The van der Waals surface area contributed by atoms with Crippen LogP contribution in [0, 0.1) is 0 Å². The Hall–Kier alpha value is -2.21. The van der Waals surface area contributed by atoms with Crippen LogP contribution in [-0.4, -0.2) is 21.4 Å². The van der Waals surface area contributed by atoms with Crippen molar-refractivity contribution < 1.29 is 0 Å². The molecule has 7 heteroatoms. The Kier molecular flexibility index (Phi) is 3.46. The summed E-state index contributed by atoms with van der Waals surface area (Å²) in [6, 6.07) is 3.59. The first-order valence-electron chi connectivity index (χ1n) is 4.69. The summed E-state index contributed by atoms with van der Waals surface area (Å²) < 4.78 is 0. The first kappa shape index (κ1) is 11.3. The van der Waals surface area contributed by atoms with Crippen LogP contribution in [0.15, 0.2) is 40.6 Å². The minimum atomic E-state index is -0.462. The van der Waals surface area contributed by atoms with Gasteiger partial charge < -0.3 is 0 Å². The summed E-state index contributed by atoms with van der Waals surface area (Å²) in [5.74, 6) is 0. The number of rotatable bonds is 3. The minimum Gasteiger partial charge on any atom is -0.275 e. The molecule has 2 heterocycles. The lowest BCUT2D eigenvalue weighted by atomic mass is 10.3. The molecule has 2 rings (SSSR count). The van der Waals surface area contributed by atoms with Gasteiger partial charge in [0.2, 0.25) is 0 Å². The molecule has 17 heavy (non-hydrogen) atoms. The Morgan fingerprint density at radius 1 is 1.41 bits per heavy atom. The van der Waals surface area contributed by atoms with Gasteiger partial charge in [0.1, 0.15) is 10.7 Å². The Balaban J connectivity index is 2.11. The maximum atomic E-state index is 11.1. The van der Waals surface area contributed by atoms with E-state index in [9.17, 15) is 4.79 Å². The molecule has 0 radical (unpaired) electrons. The largest absolute Gasteiger partial charge is 0.285 e. The van der Waals surface area contributed by atoms with Gasteiger partial charge in [-0.1, -0.05) is 11.6 Å². The summed E-state index contributed by atoms with van der Waals surface area (Å²) in [6.07, 6.45) is 6.28. The quantitative estimate of drug-likeness (QED) is 0.634. The standard InChI is InChI=1S/C10H8ClN5O/c11-9-8(6-14-16-10(9)17)15-13-5-7-1-3-12-4-2-7/h1-6H,(H2,15,16,17)/b13-5-. The monoisotopic (exact) mass is 249 g/mol. The first-order valence-corrected chi connectivity index (χ1v) is 5.07. The molecule has 2 aromatic rings. The molecular weight excluding hydrogens is 242 g/mol.